The summed E-state index contributed by atoms with van der Waals surface area (Å²) in [5.74, 6) is -1.14. The van der Waals surface area contributed by atoms with Crippen LogP contribution in [0.25, 0.3) is 0 Å². The van der Waals surface area contributed by atoms with Crippen molar-refractivity contribution in [3.63, 3.8) is 0 Å². The van der Waals surface area contributed by atoms with Crippen LogP contribution in [0.4, 0.5) is 0 Å². The maximum atomic E-state index is 12.0. The molecular weight excluding hydrogens is 242 g/mol. The summed E-state index contributed by atoms with van der Waals surface area (Å²) in [5.41, 5.74) is 0.495. The van der Waals surface area contributed by atoms with Gasteiger partial charge in [-0.2, -0.15) is 0 Å². The van der Waals surface area contributed by atoms with Gasteiger partial charge in [0.05, 0.1) is 6.42 Å². The Bertz CT molecular complexity index is 416. The highest BCUT2D eigenvalue weighted by Crippen LogP contribution is 2.13. The largest absolute Gasteiger partial charge is 0.481 e. The first-order valence-corrected chi connectivity index (χ1v) is 5.54. The highest BCUT2D eigenvalue weighted by atomic mass is 35.5. The quantitative estimate of drug-likeness (QED) is 0.898. The minimum absolute atomic E-state index is 0.0736. The summed E-state index contributed by atoms with van der Waals surface area (Å²) < 4.78 is 0. The molecule has 0 aliphatic carbocycles. The Kier molecular flexibility index (Phi) is 4.52. The molecule has 0 bridgehead atoms. The minimum Gasteiger partial charge on any atom is -0.481 e. The zero-order valence-electron chi connectivity index (χ0n) is 9.68. The number of carboxylic acids is 1. The lowest BCUT2D eigenvalue weighted by Crippen LogP contribution is -2.36. The third kappa shape index (κ3) is 3.75. The summed E-state index contributed by atoms with van der Waals surface area (Å²) in [4.78, 5) is 23.9. The van der Waals surface area contributed by atoms with E-state index in [0.29, 0.717) is 10.6 Å². The Balaban J connectivity index is 2.75. The van der Waals surface area contributed by atoms with Crippen LogP contribution < -0.4 is 0 Å². The molecule has 0 radical (unpaired) electrons. The molecular formula is C12H14ClNO3. The molecule has 0 saturated heterocycles. The van der Waals surface area contributed by atoms with Crippen molar-refractivity contribution < 1.29 is 14.7 Å². The molecule has 4 nitrogen and oxygen atoms in total. The second-order valence-electron chi connectivity index (χ2n) is 3.87. The molecule has 0 heterocycles. The lowest BCUT2D eigenvalue weighted by atomic mass is 10.1. The number of hydrogen-bond donors (Lipinski definition) is 1. The molecule has 0 aliphatic rings. The third-order valence-corrected chi connectivity index (χ3v) is 2.79. The average molecular weight is 256 g/mol. The summed E-state index contributed by atoms with van der Waals surface area (Å²) in [7, 11) is 1.59. The van der Waals surface area contributed by atoms with Crippen LogP contribution in [0.3, 0.4) is 0 Å². The average Bonchev–Trinajstić information content (AvgIpc) is 2.27. The van der Waals surface area contributed by atoms with Crippen molar-refractivity contribution in [3.05, 3.63) is 34.9 Å². The summed E-state index contributed by atoms with van der Waals surface area (Å²) in [6.45, 7) is 1.70. The predicted octanol–water partition coefficient (Wildman–Crippen LogP) is 2.28. The number of carbonyl (C=O) groups is 2. The van der Waals surface area contributed by atoms with E-state index in [1.54, 1.807) is 38.2 Å². The molecule has 1 aromatic carbocycles. The zero-order valence-corrected chi connectivity index (χ0v) is 10.4. The molecule has 1 N–H and O–H groups in total. The van der Waals surface area contributed by atoms with Gasteiger partial charge in [-0.3, -0.25) is 9.59 Å². The number of nitrogens with zero attached hydrogens (tertiary/aromatic N) is 1. The summed E-state index contributed by atoms with van der Waals surface area (Å²) >= 11 is 5.72. The summed E-state index contributed by atoms with van der Waals surface area (Å²) in [6.07, 6.45) is -0.0736. The van der Waals surface area contributed by atoms with Gasteiger partial charge in [0.1, 0.15) is 0 Å². The number of amides is 1. The van der Waals surface area contributed by atoms with Gasteiger partial charge in [-0.15, -0.1) is 0 Å². The highest BCUT2D eigenvalue weighted by Gasteiger charge is 2.19. The maximum Gasteiger partial charge on any atom is 0.305 e. The first-order valence-electron chi connectivity index (χ1n) is 5.16. The molecule has 5 heteroatoms. The molecule has 1 rings (SSSR count). The fourth-order valence-corrected chi connectivity index (χ4v) is 1.51. The van der Waals surface area contributed by atoms with Crippen molar-refractivity contribution in [3.8, 4) is 0 Å². The van der Waals surface area contributed by atoms with E-state index in [9.17, 15) is 9.59 Å². The standard InChI is InChI=1S/C12H14ClNO3/c1-8(7-11(15)16)14(2)12(17)9-3-5-10(13)6-4-9/h3-6,8H,7H2,1-2H3,(H,15,16). The van der Waals surface area contributed by atoms with Gasteiger partial charge in [0.25, 0.3) is 5.91 Å². The van der Waals surface area contributed by atoms with Crippen molar-refractivity contribution in [2.45, 2.75) is 19.4 Å². The van der Waals surface area contributed by atoms with E-state index in [0.717, 1.165) is 0 Å². The van der Waals surface area contributed by atoms with Crippen molar-refractivity contribution in [2.24, 2.45) is 0 Å². The van der Waals surface area contributed by atoms with E-state index < -0.39 is 5.97 Å². The number of aliphatic carboxylic acids is 1. The van der Waals surface area contributed by atoms with E-state index >= 15 is 0 Å². The van der Waals surface area contributed by atoms with Gasteiger partial charge in [0.2, 0.25) is 0 Å². The van der Waals surface area contributed by atoms with Crippen LogP contribution >= 0.6 is 11.6 Å². The molecule has 0 aromatic heterocycles. The van der Waals surface area contributed by atoms with Crippen molar-refractivity contribution >= 4 is 23.5 Å². The Hall–Kier alpha value is -1.55. The maximum absolute atomic E-state index is 12.0. The summed E-state index contributed by atoms with van der Waals surface area (Å²) in [6, 6.07) is 6.15. The SMILES string of the molecule is CC(CC(=O)O)N(C)C(=O)c1ccc(Cl)cc1. The van der Waals surface area contributed by atoms with E-state index in [4.69, 9.17) is 16.7 Å². The first-order chi connectivity index (χ1) is 7.91. The monoisotopic (exact) mass is 255 g/mol. The van der Waals surface area contributed by atoms with E-state index in [2.05, 4.69) is 0 Å². The fourth-order valence-electron chi connectivity index (χ4n) is 1.39. The molecule has 0 fully saturated rings. The van der Waals surface area contributed by atoms with Crippen molar-refractivity contribution in [2.75, 3.05) is 7.05 Å². The van der Waals surface area contributed by atoms with Crippen LogP contribution in [-0.4, -0.2) is 35.0 Å². The second-order valence-corrected chi connectivity index (χ2v) is 4.31. The van der Waals surface area contributed by atoms with Gasteiger partial charge in [0, 0.05) is 23.7 Å². The molecule has 1 amide bonds. The molecule has 1 atom stereocenters. The van der Waals surface area contributed by atoms with Gasteiger partial charge < -0.3 is 10.0 Å². The molecule has 0 aliphatic heterocycles. The number of halogens is 1. The van der Waals surface area contributed by atoms with Crippen LogP contribution in [0.2, 0.25) is 5.02 Å². The highest BCUT2D eigenvalue weighted by molar-refractivity contribution is 6.30. The number of carbonyl (C=O) groups excluding carboxylic acids is 1. The van der Waals surface area contributed by atoms with Crippen molar-refractivity contribution in [1.29, 1.82) is 0 Å². The predicted molar refractivity (Wildman–Crippen MR) is 65.3 cm³/mol. The van der Waals surface area contributed by atoms with Crippen LogP contribution in [0.15, 0.2) is 24.3 Å². The Morgan fingerprint density at radius 1 is 1.35 bits per heavy atom. The van der Waals surface area contributed by atoms with Crippen LogP contribution in [0, 0.1) is 0 Å². The molecule has 0 saturated carbocycles. The summed E-state index contributed by atoms with van der Waals surface area (Å²) in [5, 5.41) is 9.22. The number of hydrogen-bond acceptors (Lipinski definition) is 2. The fraction of sp³-hybridized carbons (Fsp3) is 0.333. The Labute approximate surface area is 105 Å². The zero-order chi connectivity index (χ0) is 13.0. The van der Waals surface area contributed by atoms with Crippen molar-refractivity contribution in [1.82, 2.24) is 4.90 Å². The van der Waals surface area contributed by atoms with Crippen LogP contribution in [0.1, 0.15) is 23.7 Å². The second kappa shape index (κ2) is 5.68. The molecule has 17 heavy (non-hydrogen) atoms. The Morgan fingerprint density at radius 2 is 1.88 bits per heavy atom. The number of carboxylic acid groups (broad SMARTS) is 1. The number of benzene rings is 1. The topological polar surface area (TPSA) is 57.6 Å². The van der Waals surface area contributed by atoms with E-state index in [-0.39, 0.29) is 18.4 Å². The molecule has 1 aromatic rings. The third-order valence-electron chi connectivity index (χ3n) is 2.54. The Morgan fingerprint density at radius 3 is 2.35 bits per heavy atom. The smallest absolute Gasteiger partial charge is 0.305 e. The minimum atomic E-state index is -0.923. The van der Waals surface area contributed by atoms with E-state index in [1.165, 1.54) is 4.90 Å². The van der Waals surface area contributed by atoms with Crippen LogP contribution in [-0.2, 0) is 4.79 Å². The van der Waals surface area contributed by atoms with Gasteiger partial charge in [-0.05, 0) is 31.2 Å². The normalized spacial score (nSPS) is 11.9. The lowest BCUT2D eigenvalue weighted by molar-refractivity contribution is -0.137. The van der Waals surface area contributed by atoms with Gasteiger partial charge in [0.15, 0.2) is 0 Å². The lowest BCUT2D eigenvalue weighted by Gasteiger charge is -2.23. The van der Waals surface area contributed by atoms with Gasteiger partial charge in [-0.25, -0.2) is 0 Å². The molecule has 0 spiro atoms. The van der Waals surface area contributed by atoms with E-state index in [1.807, 2.05) is 0 Å². The number of rotatable bonds is 4. The van der Waals surface area contributed by atoms with Crippen LogP contribution in [0.5, 0.6) is 0 Å². The molecule has 1 unspecified atom stereocenters. The van der Waals surface area contributed by atoms with Gasteiger partial charge >= 0.3 is 5.97 Å². The first kappa shape index (κ1) is 13.5. The van der Waals surface area contributed by atoms with Gasteiger partial charge in [-0.1, -0.05) is 11.6 Å². The molecule has 92 valence electrons.